The molecule has 0 spiro atoms. The maximum Gasteiger partial charge on any atom is 0.263 e. The Balaban J connectivity index is 1.53. The van der Waals surface area contributed by atoms with Gasteiger partial charge in [-0.1, -0.05) is 30.3 Å². The van der Waals surface area contributed by atoms with Gasteiger partial charge in [-0.3, -0.25) is 9.78 Å². The van der Waals surface area contributed by atoms with Crippen molar-refractivity contribution < 1.29 is 13.2 Å². The molecule has 1 amide bonds. The van der Waals surface area contributed by atoms with E-state index in [0.717, 1.165) is 22.5 Å². The summed E-state index contributed by atoms with van der Waals surface area (Å²) in [5, 5.41) is 4.42. The van der Waals surface area contributed by atoms with Gasteiger partial charge in [0.1, 0.15) is 9.77 Å². The summed E-state index contributed by atoms with van der Waals surface area (Å²) in [6.07, 6.45) is 3.99. The highest BCUT2D eigenvalue weighted by Gasteiger charge is 2.32. The number of rotatable bonds is 5. The van der Waals surface area contributed by atoms with Crippen molar-refractivity contribution in [1.29, 1.82) is 0 Å². The van der Waals surface area contributed by atoms with E-state index in [1.165, 1.54) is 15.9 Å². The van der Waals surface area contributed by atoms with Crippen LogP contribution < -0.4 is 5.32 Å². The Hall–Kier alpha value is -2.55. The second-order valence-corrected chi connectivity index (χ2v) is 9.34. The molecule has 28 heavy (non-hydrogen) atoms. The number of pyridine rings is 1. The molecule has 3 aromatic rings. The van der Waals surface area contributed by atoms with E-state index >= 15 is 0 Å². The molecule has 0 atom stereocenters. The summed E-state index contributed by atoms with van der Waals surface area (Å²) in [7, 11) is -3.75. The van der Waals surface area contributed by atoms with E-state index in [4.69, 9.17) is 0 Å². The third kappa shape index (κ3) is 3.71. The van der Waals surface area contributed by atoms with Crippen LogP contribution in [0.25, 0.3) is 0 Å². The molecule has 1 aliphatic rings. The maximum atomic E-state index is 13.2. The SMILES string of the molecule is O=C(NCc1cccnc1)c1sccc1S(=O)(=O)N1CCc2ccccc2C1. The van der Waals surface area contributed by atoms with Gasteiger partial charge >= 0.3 is 0 Å². The van der Waals surface area contributed by atoms with Gasteiger partial charge in [0.05, 0.1) is 0 Å². The molecule has 4 rings (SSSR count). The number of thiophene rings is 1. The first kappa shape index (κ1) is 18.8. The minimum absolute atomic E-state index is 0.0700. The minimum atomic E-state index is -3.75. The predicted molar refractivity (Wildman–Crippen MR) is 107 cm³/mol. The number of nitrogens with zero attached hydrogens (tertiary/aromatic N) is 2. The number of sulfonamides is 1. The molecule has 8 heteroatoms. The van der Waals surface area contributed by atoms with Crippen LogP contribution in [-0.4, -0.2) is 30.2 Å². The number of fused-ring (bicyclic) bond motifs is 1. The van der Waals surface area contributed by atoms with Crippen LogP contribution in [0.4, 0.5) is 0 Å². The predicted octanol–water partition coefficient (Wildman–Crippen LogP) is 2.82. The zero-order valence-electron chi connectivity index (χ0n) is 15.0. The molecule has 0 radical (unpaired) electrons. The van der Waals surface area contributed by atoms with Crippen molar-refractivity contribution in [1.82, 2.24) is 14.6 Å². The van der Waals surface area contributed by atoms with Gasteiger partial charge in [-0.2, -0.15) is 4.31 Å². The lowest BCUT2D eigenvalue weighted by atomic mass is 10.0. The number of nitrogens with one attached hydrogen (secondary N) is 1. The van der Waals surface area contributed by atoms with E-state index in [0.29, 0.717) is 26.1 Å². The topological polar surface area (TPSA) is 79.4 Å². The highest BCUT2D eigenvalue weighted by molar-refractivity contribution is 7.89. The zero-order valence-corrected chi connectivity index (χ0v) is 16.7. The van der Waals surface area contributed by atoms with Crippen LogP contribution in [0, 0.1) is 0 Å². The lowest BCUT2D eigenvalue weighted by Gasteiger charge is -2.28. The van der Waals surface area contributed by atoms with Crippen LogP contribution in [0.15, 0.2) is 65.1 Å². The number of hydrogen-bond donors (Lipinski definition) is 1. The van der Waals surface area contributed by atoms with Crippen molar-refractivity contribution in [3.8, 4) is 0 Å². The van der Waals surface area contributed by atoms with E-state index in [-0.39, 0.29) is 9.77 Å². The van der Waals surface area contributed by atoms with Crippen molar-refractivity contribution in [3.63, 3.8) is 0 Å². The molecule has 2 aromatic heterocycles. The van der Waals surface area contributed by atoms with Crippen molar-refractivity contribution in [2.75, 3.05) is 6.54 Å². The van der Waals surface area contributed by atoms with Crippen molar-refractivity contribution >= 4 is 27.3 Å². The van der Waals surface area contributed by atoms with Crippen LogP contribution >= 0.6 is 11.3 Å². The average Bonchev–Trinajstić information content (AvgIpc) is 3.23. The van der Waals surface area contributed by atoms with Crippen LogP contribution in [0.1, 0.15) is 26.4 Å². The van der Waals surface area contributed by atoms with E-state index < -0.39 is 15.9 Å². The second kappa shape index (κ2) is 7.83. The molecule has 0 unspecified atom stereocenters. The van der Waals surface area contributed by atoms with E-state index in [1.807, 2.05) is 30.3 Å². The fourth-order valence-electron chi connectivity index (χ4n) is 3.25. The Bertz CT molecular complexity index is 1090. The van der Waals surface area contributed by atoms with Crippen molar-refractivity contribution in [2.24, 2.45) is 0 Å². The summed E-state index contributed by atoms with van der Waals surface area (Å²) < 4.78 is 27.9. The molecule has 1 N–H and O–H groups in total. The van der Waals surface area contributed by atoms with Crippen LogP contribution in [0.5, 0.6) is 0 Å². The van der Waals surface area contributed by atoms with Gasteiger partial charge in [-0.15, -0.1) is 11.3 Å². The molecule has 0 saturated heterocycles. The largest absolute Gasteiger partial charge is 0.347 e. The van der Waals surface area contributed by atoms with Crippen molar-refractivity contribution in [2.45, 2.75) is 24.4 Å². The minimum Gasteiger partial charge on any atom is -0.347 e. The summed E-state index contributed by atoms with van der Waals surface area (Å²) in [6.45, 7) is 1.03. The van der Waals surface area contributed by atoms with Crippen molar-refractivity contribution in [3.05, 3.63) is 81.8 Å². The molecule has 3 heterocycles. The van der Waals surface area contributed by atoms with E-state index in [2.05, 4.69) is 10.3 Å². The highest BCUT2D eigenvalue weighted by Crippen LogP contribution is 2.29. The summed E-state index contributed by atoms with van der Waals surface area (Å²) in [5.74, 6) is -0.394. The molecular formula is C20H19N3O3S2. The van der Waals surface area contributed by atoms with Gasteiger partial charge < -0.3 is 5.32 Å². The molecular weight excluding hydrogens is 394 g/mol. The molecule has 144 valence electrons. The number of carbonyl (C=O) groups is 1. The number of aromatic nitrogens is 1. The number of benzene rings is 1. The Kier molecular flexibility index (Phi) is 5.25. The smallest absolute Gasteiger partial charge is 0.263 e. The normalized spacial score (nSPS) is 14.4. The van der Waals surface area contributed by atoms with E-state index in [1.54, 1.807) is 23.8 Å². The summed E-state index contributed by atoms with van der Waals surface area (Å²) in [4.78, 5) is 16.9. The molecule has 0 saturated carbocycles. The van der Waals surface area contributed by atoms with Crippen LogP contribution in [-0.2, 0) is 29.5 Å². The maximum absolute atomic E-state index is 13.2. The van der Waals surface area contributed by atoms with Gasteiger partial charge in [0.2, 0.25) is 10.0 Å². The molecule has 6 nitrogen and oxygen atoms in total. The summed E-state index contributed by atoms with van der Waals surface area (Å²) in [6, 6.07) is 13.0. The van der Waals surface area contributed by atoms with Gasteiger partial charge in [-0.25, -0.2) is 8.42 Å². The Labute approximate surface area is 167 Å². The molecule has 1 aromatic carbocycles. The Morgan fingerprint density at radius 3 is 2.75 bits per heavy atom. The molecule has 0 aliphatic carbocycles. The average molecular weight is 414 g/mol. The fourth-order valence-corrected chi connectivity index (χ4v) is 5.98. The lowest BCUT2D eigenvalue weighted by molar-refractivity contribution is 0.0952. The molecule has 0 bridgehead atoms. The quantitative estimate of drug-likeness (QED) is 0.698. The van der Waals surface area contributed by atoms with Crippen LogP contribution in [0.2, 0.25) is 0 Å². The monoisotopic (exact) mass is 413 g/mol. The first-order valence-corrected chi connectivity index (χ1v) is 11.2. The van der Waals surface area contributed by atoms with Gasteiger partial charge in [0.25, 0.3) is 5.91 Å². The number of amides is 1. The number of hydrogen-bond acceptors (Lipinski definition) is 5. The zero-order chi connectivity index (χ0) is 19.6. The van der Waals surface area contributed by atoms with Crippen LogP contribution in [0.3, 0.4) is 0 Å². The highest BCUT2D eigenvalue weighted by atomic mass is 32.2. The Morgan fingerprint density at radius 1 is 1.14 bits per heavy atom. The van der Waals surface area contributed by atoms with Gasteiger partial charge in [0, 0.05) is 32.0 Å². The summed E-state index contributed by atoms with van der Waals surface area (Å²) in [5.41, 5.74) is 3.04. The summed E-state index contributed by atoms with van der Waals surface area (Å²) >= 11 is 1.14. The second-order valence-electron chi connectivity index (χ2n) is 6.52. The molecule has 1 aliphatic heterocycles. The Morgan fingerprint density at radius 2 is 1.96 bits per heavy atom. The van der Waals surface area contributed by atoms with E-state index in [9.17, 15) is 13.2 Å². The number of carbonyl (C=O) groups excluding carboxylic acids is 1. The van der Waals surface area contributed by atoms with Gasteiger partial charge in [0.15, 0.2) is 0 Å². The third-order valence-corrected chi connectivity index (χ3v) is 7.65. The first-order chi connectivity index (χ1) is 13.6. The first-order valence-electron chi connectivity index (χ1n) is 8.87. The third-order valence-electron chi connectivity index (χ3n) is 4.72. The lowest BCUT2D eigenvalue weighted by Crippen LogP contribution is -2.36. The molecule has 0 fully saturated rings. The fraction of sp³-hybridized carbons (Fsp3) is 0.200. The standard InChI is InChI=1S/C20H19N3O3S2/c24-20(22-13-15-4-3-9-21-12-15)19-18(8-11-27-19)28(25,26)23-10-7-16-5-1-2-6-17(16)14-23/h1-6,8-9,11-12H,7,10,13-14H2,(H,22,24). The van der Waals surface area contributed by atoms with Gasteiger partial charge in [-0.05, 0) is 40.6 Å².